The highest BCUT2D eigenvalue weighted by Crippen LogP contribution is 2.31. The Hall–Kier alpha value is -4.48. The first kappa shape index (κ1) is 31.5. The van der Waals surface area contributed by atoms with Crippen LogP contribution in [0.5, 0.6) is 0 Å². The molecule has 2 heterocycles. The van der Waals surface area contributed by atoms with Crippen molar-refractivity contribution in [1.29, 1.82) is 0 Å². The van der Waals surface area contributed by atoms with Crippen molar-refractivity contribution < 1.29 is 33.4 Å². The number of nitrogens with one attached hydrogen (secondary N) is 2. The number of para-hydroxylation sites is 1. The van der Waals surface area contributed by atoms with Crippen LogP contribution >= 0.6 is 0 Å². The number of carbonyl (C=O) groups is 3. The molecule has 0 bridgehead atoms. The maximum atomic E-state index is 15.4. The van der Waals surface area contributed by atoms with Crippen LogP contribution in [0.15, 0.2) is 42.6 Å². The quantitative estimate of drug-likeness (QED) is 0.270. The number of carboxylic acids is 1. The predicted octanol–water partition coefficient (Wildman–Crippen LogP) is 7.11. The van der Waals surface area contributed by atoms with Crippen molar-refractivity contribution >= 4 is 46.4 Å². The van der Waals surface area contributed by atoms with Gasteiger partial charge in [-0.3, -0.25) is 4.98 Å². The number of anilines is 3. The summed E-state index contributed by atoms with van der Waals surface area (Å²) in [7, 11) is 0. The number of amides is 2. The zero-order chi connectivity index (χ0) is 31.5. The van der Waals surface area contributed by atoms with E-state index in [0.717, 1.165) is 28.3 Å². The largest absolute Gasteiger partial charge is 0.478 e. The minimum atomic E-state index is -1.37. The lowest BCUT2D eigenvalue weighted by molar-refractivity contribution is -0.0119. The number of hydrogen-bond donors (Lipinski definition) is 3. The zero-order valence-corrected chi connectivity index (χ0v) is 25.2. The van der Waals surface area contributed by atoms with Crippen molar-refractivity contribution in [2.24, 2.45) is 0 Å². The third-order valence-electron chi connectivity index (χ3n) is 6.62. The second-order valence-electron chi connectivity index (χ2n) is 12.5. The van der Waals surface area contributed by atoms with Crippen molar-refractivity contribution in [3.8, 4) is 0 Å². The fourth-order valence-electron chi connectivity index (χ4n) is 4.86. The smallest absolute Gasteiger partial charge is 0.420 e. The highest BCUT2D eigenvalue weighted by atomic mass is 19.1. The zero-order valence-electron chi connectivity index (χ0n) is 25.2. The van der Waals surface area contributed by atoms with Crippen molar-refractivity contribution in [3.05, 3.63) is 54.0 Å². The Balaban J connectivity index is 1.68. The van der Waals surface area contributed by atoms with Crippen LogP contribution in [0.3, 0.4) is 0 Å². The number of benzene rings is 1. The van der Waals surface area contributed by atoms with Gasteiger partial charge in [0.1, 0.15) is 22.6 Å². The Morgan fingerprint density at radius 1 is 0.953 bits per heavy atom. The Morgan fingerprint density at radius 2 is 1.58 bits per heavy atom. The lowest BCUT2D eigenvalue weighted by atomic mass is 9.89. The van der Waals surface area contributed by atoms with E-state index in [0.29, 0.717) is 24.9 Å². The van der Waals surface area contributed by atoms with Crippen LogP contribution in [0, 0.1) is 5.82 Å². The first-order chi connectivity index (χ1) is 20.1. The summed E-state index contributed by atoms with van der Waals surface area (Å²) in [5.41, 5.74) is -0.923. The molecule has 0 radical (unpaired) electrons. The number of aromatic carboxylic acids is 1. The molecule has 0 spiro atoms. The van der Waals surface area contributed by atoms with E-state index in [4.69, 9.17) is 9.47 Å². The van der Waals surface area contributed by atoms with Gasteiger partial charge >= 0.3 is 18.2 Å². The van der Waals surface area contributed by atoms with Crippen molar-refractivity contribution in [2.75, 3.05) is 10.6 Å². The molecular formula is C31H38FN5O6. The topological polar surface area (TPSA) is 143 Å². The number of ether oxygens (including phenoxy) is 2. The SMILES string of the molecule is CC(C)(C)OC(=O)N(C(=O)OC(C)(C)C)[C@H]1CCCC[C@H]1Nc1nc(Nc2cnc3ccccc3c2)c(C(=O)O)cc1F. The number of imide groups is 1. The lowest BCUT2D eigenvalue weighted by Crippen LogP contribution is -2.56. The molecule has 1 saturated carbocycles. The Kier molecular flexibility index (Phi) is 9.07. The monoisotopic (exact) mass is 595 g/mol. The number of carboxylic acid groups (broad SMARTS) is 1. The molecule has 2 atom stereocenters. The molecule has 1 aliphatic rings. The standard InChI is InChI=1S/C31H38FN5O6/c1-30(2,3)42-28(40)37(29(41)43-31(4,5)6)24-14-10-9-13-23(24)35-26-21(32)16-20(27(38)39)25(36-26)34-19-15-18-11-7-8-12-22(18)33-17-19/h7-8,11-12,15-17,23-24H,9-10,13-14H2,1-6H3,(H,38,39)(H2,34,35,36)/t23-,24+/m1/s1. The highest BCUT2D eigenvalue weighted by Gasteiger charge is 2.42. The molecule has 43 heavy (non-hydrogen) atoms. The van der Waals surface area contributed by atoms with Gasteiger partial charge in [-0.15, -0.1) is 0 Å². The maximum absolute atomic E-state index is 15.4. The fraction of sp³-hybridized carbons (Fsp3) is 0.452. The number of carbonyl (C=O) groups excluding carboxylic acids is 2. The number of pyridine rings is 2. The molecule has 2 aromatic heterocycles. The van der Waals surface area contributed by atoms with Gasteiger partial charge in [0, 0.05) is 11.4 Å². The first-order valence-corrected chi connectivity index (χ1v) is 14.2. The van der Waals surface area contributed by atoms with E-state index in [2.05, 4.69) is 20.6 Å². The predicted molar refractivity (Wildman–Crippen MR) is 160 cm³/mol. The number of nitrogens with zero attached hydrogens (tertiary/aromatic N) is 3. The van der Waals surface area contributed by atoms with Gasteiger partial charge in [0.25, 0.3) is 0 Å². The fourth-order valence-corrected chi connectivity index (χ4v) is 4.86. The first-order valence-electron chi connectivity index (χ1n) is 14.2. The molecule has 0 saturated heterocycles. The summed E-state index contributed by atoms with van der Waals surface area (Å²) in [5, 5.41) is 16.6. The van der Waals surface area contributed by atoms with Gasteiger partial charge in [0.05, 0.1) is 23.4 Å². The van der Waals surface area contributed by atoms with E-state index in [-0.39, 0.29) is 17.2 Å². The van der Waals surface area contributed by atoms with Crippen LogP contribution < -0.4 is 10.6 Å². The molecule has 1 fully saturated rings. The van der Waals surface area contributed by atoms with Gasteiger partial charge in [-0.05, 0) is 72.6 Å². The summed E-state index contributed by atoms with van der Waals surface area (Å²) in [6.07, 6.45) is 2.13. The molecular weight excluding hydrogens is 557 g/mol. The molecule has 0 unspecified atom stereocenters. The van der Waals surface area contributed by atoms with Crippen LogP contribution in [0.25, 0.3) is 10.9 Å². The van der Waals surface area contributed by atoms with E-state index < -0.39 is 47.3 Å². The van der Waals surface area contributed by atoms with Crippen LogP contribution in [0.1, 0.15) is 77.6 Å². The maximum Gasteiger partial charge on any atom is 0.420 e. The van der Waals surface area contributed by atoms with Gasteiger partial charge in [0.15, 0.2) is 11.6 Å². The lowest BCUT2D eigenvalue weighted by Gasteiger charge is -2.40. The van der Waals surface area contributed by atoms with E-state index >= 15 is 4.39 Å². The number of fused-ring (bicyclic) bond motifs is 1. The van der Waals surface area contributed by atoms with Crippen molar-refractivity contribution in [2.45, 2.75) is 90.5 Å². The Labute approximate surface area is 249 Å². The van der Waals surface area contributed by atoms with Gasteiger partial charge in [0.2, 0.25) is 0 Å². The third kappa shape index (κ3) is 8.08. The minimum Gasteiger partial charge on any atom is -0.478 e. The van der Waals surface area contributed by atoms with Gasteiger partial charge in [-0.1, -0.05) is 31.0 Å². The Bertz CT molecular complexity index is 1490. The molecule has 12 heteroatoms. The minimum absolute atomic E-state index is 0.100. The second-order valence-corrected chi connectivity index (χ2v) is 12.5. The summed E-state index contributed by atoms with van der Waals surface area (Å²) in [6, 6.07) is 8.71. The number of halogens is 1. The average Bonchev–Trinajstić information content (AvgIpc) is 2.89. The second kappa shape index (κ2) is 12.4. The van der Waals surface area contributed by atoms with Crippen LogP contribution in [0.4, 0.5) is 31.3 Å². The summed E-state index contributed by atoms with van der Waals surface area (Å²) in [4.78, 5) is 48.3. The van der Waals surface area contributed by atoms with Gasteiger partial charge in [-0.25, -0.2) is 28.7 Å². The molecule has 3 N–H and O–H groups in total. The summed E-state index contributed by atoms with van der Waals surface area (Å²) < 4.78 is 26.5. The highest BCUT2D eigenvalue weighted by molar-refractivity contribution is 5.95. The third-order valence-corrected chi connectivity index (χ3v) is 6.62. The van der Waals surface area contributed by atoms with E-state index in [9.17, 15) is 19.5 Å². The van der Waals surface area contributed by atoms with Crippen LogP contribution in [0.2, 0.25) is 0 Å². The molecule has 4 rings (SSSR count). The molecule has 2 amide bonds. The van der Waals surface area contributed by atoms with E-state index in [1.807, 2.05) is 24.3 Å². The molecule has 1 aliphatic carbocycles. The molecule has 0 aliphatic heterocycles. The molecule has 11 nitrogen and oxygen atoms in total. The number of rotatable bonds is 6. The Morgan fingerprint density at radius 3 is 2.21 bits per heavy atom. The summed E-state index contributed by atoms with van der Waals surface area (Å²) in [6.45, 7) is 10.2. The summed E-state index contributed by atoms with van der Waals surface area (Å²) >= 11 is 0. The molecule has 3 aromatic rings. The number of hydrogen-bond acceptors (Lipinski definition) is 9. The van der Waals surface area contributed by atoms with Gasteiger partial charge in [-0.2, -0.15) is 0 Å². The summed E-state index contributed by atoms with van der Waals surface area (Å²) in [5.74, 6) is -2.60. The van der Waals surface area contributed by atoms with Crippen LogP contribution in [-0.4, -0.2) is 61.4 Å². The molecule has 230 valence electrons. The van der Waals surface area contributed by atoms with Crippen LogP contribution in [-0.2, 0) is 9.47 Å². The average molecular weight is 596 g/mol. The molecule has 1 aromatic carbocycles. The van der Waals surface area contributed by atoms with Crippen molar-refractivity contribution in [1.82, 2.24) is 14.9 Å². The van der Waals surface area contributed by atoms with Crippen molar-refractivity contribution in [3.63, 3.8) is 0 Å². The number of aromatic nitrogens is 2. The van der Waals surface area contributed by atoms with E-state index in [1.165, 1.54) is 6.20 Å². The normalized spacial score (nSPS) is 17.2. The van der Waals surface area contributed by atoms with Gasteiger partial charge < -0.3 is 25.2 Å². The van der Waals surface area contributed by atoms with E-state index in [1.54, 1.807) is 47.6 Å².